The molecule has 146 valence electrons. The van der Waals surface area contributed by atoms with E-state index in [4.69, 9.17) is 9.26 Å². The van der Waals surface area contributed by atoms with Crippen molar-refractivity contribution in [3.05, 3.63) is 71.6 Å². The summed E-state index contributed by atoms with van der Waals surface area (Å²) < 4.78 is 10.8. The minimum atomic E-state index is -0.0782. The zero-order valence-corrected chi connectivity index (χ0v) is 16.1. The van der Waals surface area contributed by atoms with Crippen LogP contribution in [0.4, 0.5) is 0 Å². The van der Waals surface area contributed by atoms with Crippen LogP contribution >= 0.6 is 0 Å². The van der Waals surface area contributed by atoms with Gasteiger partial charge < -0.3 is 14.6 Å². The van der Waals surface area contributed by atoms with E-state index in [0.29, 0.717) is 37.6 Å². The van der Waals surface area contributed by atoms with Gasteiger partial charge in [0.1, 0.15) is 12.4 Å². The number of rotatable bonds is 9. The first kappa shape index (κ1) is 19.5. The van der Waals surface area contributed by atoms with Crippen LogP contribution in [0.25, 0.3) is 0 Å². The molecule has 0 radical (unpaired) electrons. The number of pyridine rings is 1. The molecule has 7 nitrogen and oxygen atoms in total. The van der Waals surface area contributed by atoms with Gasteiger partial charge in [-0.1, -0.05) is 23.4 Å². The predicted octanol–water partition coefficient (Wildman–Crippen LogP) is 3.55. The summed E-state index contributed by atoms with van der Waals surface area (Å²) in [6.07, 6.45) is 5.20. The molecule has 2 aromatic heterocycles. The minimum absolute atomic E-state index is 0.000594. The summed E-state index contributed by atoms with van der Waals surface area (Å²) in [6.45, 7) is 4.21. The van der Waals surface area contributed by atoms with Gasteiger partial charge in [0, 0.05) is 30.8 Å². The smallest absolute Gasteiger partial charge is 0.226 e. The van der Waals surface area contributed by atoms with Crippen molar-refractivity contribution in [2.45, 2.75) is 45.8 Å². The van der Waals surface area contributed by atoms with Crippen molar-refractivity contribution in [3.8, 4) is 5.75 Å². The number of amides is 1. The number of nitrogens with zero attached hydrogens (tertiary/aromatic N) is 3. The Morgan fingerprint density at radius 2 is 2.07 bits per heavy atom. The molecule has 0 fully saturated rings. The van der Waals surface area contributed by atoms with E-state index in [-0.39, 0.29) is 11.9 Å². The fraction of sp³-hybridized carbons (Fsp3) is 0.333. The molecule has 0 spiro atoms. The SMILES string of the molecule is Cc1noc(CCCC(=O)NC(C)c2ccc(OCc3cccnc3)cc2)n1. The van der Waals surface area contributed by atoms with Crippen LogP contribution in [0.3, 0.4) is 0 Å². The molecule has 1 aromatic carbocycles. The fourth-order valence-electron chi connectivity index (χ4n) is 2.74. The number of benzene rings is 1. The van der Waals surface area contributed by atoms with E-state index in [2.05, 4.69) is 20.4 Å². The molecule has 0 saturated carbocycles. The summed E-state index contributed by atoms with van der Waals surface area (Å²) in [4.78, 5) is 20.3. The molecule has 0 aliphatic carbocycles. The Morgan fingerprint density at radius 3 is 2.75 bits per heavy atom. The number of aromatic nitrogens is 3. The van der Waals surface area contributed by atoms with Crippen molar-refractivity contribution in [1.82, 2.24) is 20.4 Å². The number of carbonyl (C=O) groups is 1. The van der Waals surface area contributed by atoms with Crippen LogP contribution in [0, 0.1) is 6.92 Å². The summed E-state index contributed by atoms with van der Waals surface area (Å²) in [5.41, 5.74) is 2.04. The maximum Gasteiger partial charge on any atom is 0.226 e. The number of nitrogens with one attached hydrogen (secondary N) is 1. The van der Waals surface area contributed by atoms with Crippen LogP contribution in [0.5, 0.6) is 5.75 Å². The zero-order valence-electron chi connectivity index (χ0n) is 16.1. The molecule has 0 aliphatic rings. The van der Waals surface area contributed by atoms with Crippen LogP contribution in [0.2, 0.25) is 0 Å². The van der Waals surface area contributed by atoms with Gasteiger partial charge in [-0.25, -0.2) is 0 Å². The van der Waals surface area contributed by atoms with Crippen LogP contribution in [0.1, 0.15) is 48.6 Å². The van der Waals surface area contributed by atoms with Crippen molar-refractivity contribution in [3.63, 3.8) is 0 Å². The number of ether oxygens (including phenoxy) is 1. The summed E-state index contributed by atoms with van der Waals surface area (Å²) in [5.74, 6) is 1.96. The van der Waals surface area contributed by atoms with Crippen molar-refractivity contribution < 1.29 is 14.1 Å². The van der Waals surface area contributed by atoms with Crippen molar-refractivity contribution in [2.75, 3.05) is 0 Å². The molecule has 1 amide bonds. The third kappa shape index (κ3) is 5.90. The highest BCUT2D eigenvalue weighted by Gasteiger charge is 2.11. The van der Waals surface area contributed by atoms with E-state index in [9.17, 15) is 4.79 Å². The number of carbonyl (C=O) groups excluding carboxylic acids is 1. The molecule has 3 rings (SSSR count). The molecule has 1 N–H and O–H groups in total. The molecule has 3 aromatic rings. The molecule has 2 heterocycles. The Labute approximate surface area is 164 Å². The molecule has 28 heavy (non-hydrogen) atoms. The normalized spacial score (nSPS) is 11.8. The van der Waals surface area contributed by atoms with Gasteiger partial charge in [0.15, 0.2) is 5.82 Å². The van der Waals surface area contributed by atoms with Gasteiger partial charge in [-0.05, 0) is 44.0 Å². The Morgan fingerprint density at radius 1 is 1.25 bits per heavy atom. The van der Waals surface area contributed by atoms with Gasteiger partial charge in [-0.3, -0.25) is 9.78 Å². The quantitative estimate of drug-likeness (QED) is 0.610. The standard InChI is InChI=1S/C21H24N4O3/c1-15(23-20(26)6-3-7-21-24-16(2)25-28-21)18-8-10-19(11-9-18)27-14-17-5-4-12-22-13-17/h4-5,8-13,15H,3,6-7,14H2,1-2H3,(H,23,26). The lowest BCUT2D eigenvalue weighted by Crippen LogP contribution is -2.26. The summed E-state index contributed by atoms with van der Waals surface area (Å²) >= 11 is 0. The average Bonchev–Trinajstić information content (AvgIpc) is 3.12. The van der Waals surface area contributed by atoms with Crippen LogP contribution < -0.4 is 10.1 Å². The third-order valence-electron chi connectivity index (χ3n) is 4.25. The first-order valence-corrected chi connectivity index (χ1v) is 9.30. The Kier molecular flexibility index (Phi) is 6.73. The first-order chi connectivity index (χ1) is 13.6. The second-order valence-electron chi connectivity index (χ2n) is 6.60. The predicted molar refractivity (Wildman–Crippen MR) is 104 cm³/mol. The Balaban J connectivity index is 1.42. The zero-order chi connectivity index (χ0) is 19.8. The molecule has 0 bridgehead atoms. The van der Waals surface area contributed by atoms with Gasteiger partial charge in [0.05, 0.1) is 6.04 Å². The van der Waals surface area contributed by atoms with Gasteiger partial charge in [0.25, 0.3) is 0 Å². The highest BCUT2D eigenvalue weighted by Crippen LogP contribution is 2.19. The highest BCUT2D eigenvalue weighted by atomic mass is 16.5. The van der Waals surface area contributed by atoms with Crippen LogP contribution in [-0.4, -0.2) is 21.0 Å². The highest BCUT2D eigenvalue weighted by molar-refractivity contribution is 5.76. The molecular weight excluding hydrogens is 356 g/mol. The van der Waals surface area contributed by atoms with Crippen LogP contribution in [0.15, 0.2) is 53.3 Å². The van der Waals surface area contributed by atoms with Gasteiger partial charge in [-0.2, -0.15) is 4.98 Å². The van der Waals surface area contributed by atoms with Gasteiger partial charge in [-0.15, -0.1) is 0 Å². The van der Waals surface area contributed by atoms with Crippen molar-refractivity contribution >= 4 is 5.91 Å². The third-order valence-corrected chi connectivity index (χ3v) is 4.25. The number of hydrogen-bond donors (Lipinski definition) is 1. The lowest BCUT2D eigenvalue weighted by molar-refractivity contribution is -0.121. The number of hydrogen-bond acceptors (Lipinski definition) is 6. The fourth-order valence-corrected chi connectivity index (χ4v) is 2.74. The summed E-state index contributed by atoms with van der Waals surface area (Å²) in [6, 6.07) is 11.5. The second kappa shape index (κ2) is 9.64. The topological polar surface area (TPSA) is 90.1 Å². The van der Waals surface area contributed by atoms with Crippen molar-refractivity contribution in [1.29, 1.82) is 0 Å². The average molecular weight is 380 g/mol. The van der Waals surface area contributed by atoms with Crippen molar-refractivity contribution in [2.24, 2.45) is 0 Å². The maximum absolute atomic E-state index is 12.1. The largest absolute Gasteiger partial charge is 0.489 e. The molecule has 1 atom stereocenters. The van der Waals surface area contributed by atoms with E-state index < -0.39 is 0 Å². The monoisotopic (exact) mass is 380 g/mol. The molecule has 0 aliphatic heterocycles. The Hall–Kier alpha value is -3.22. The molecule has 7 heteroatoms. The Bertz CT molecular complexity index is 878. The van der Waals surface area contributed by atoms with E-state index in [1.165, 1.54) is 0 Å². The summed E-state index contributed by atoms with van der Waals surface area (Å²) in [7, 11) is 0. The van der Waals surface area contributed by atoms with Gasteiger partial charge >= 0.3 is 0 Å². The second-order valence-corrected chi connectivity index (χ2v) is 6.60. The molecular formula is C21H24N4O3. The maximum atomic E-state index is 12.1. The van der Waals surface area contributed by atoms with E-state index in [1.54, 1.807) is 19.3 Å². The van der Waals surface area contributed by atoms with E-state index in [0.717, 1.165) is 16.9 Å². The lowest BCUT2D eigenvalue weighted by atomic mass is 10.1. The molecule has 1 unspecified atom stereocenters. The lowest BCUT2D eigenvalue weighted by Gasteiger charge is -2.15. The first-order valence-electron chi connectivity index (χ1n) is 9.30. The minimum Gasteiger partial charge on any atom is -0.489 e. The molecule has 0 saturated heterocycles. The number of aryl methyl sites for hydroxylation is 2. The van der Waals surface area contributed by atoms with E-state index >= 15 is 0 Å². The summed E-state index contributed by atoms with van der Waals surface area (Å²) in [5, 5.41) is 6.75. The van der Waals surface area contributed by atoms with E-state index in [1.807, 2.05) is 43.3 Å². The van der Waals surface area contributed by atoms with Crippen LogP contribution in [-0.2, 0) is 17.8 Å². The van der Waals surface area contributed by atoms with Gasteiger partial charge in [0.2, 0.25) is 11.8 Å².